The highest BCUT2D eigenvalue weighted by atomic mass is 16.5. The smallest absolute Gasteiger partial charge is 0.193 e. The van der Waals surface area contributed by atoms with Gasteiger partial charge in [-0.25, -0.2) is 0 Å². The Morgan fingerprint density at radius 3 is 2.42 bits per heavy atom. The highest BCUT2D eigenvalue weighted by molar-refractivity contribution is 6.62. The van der Waals surface area contributed by atoms with E-state index in [1.807, 2.05) is 24.3 Å². The molecule has 0 aliphatic carbocycles. The zero-order valence-electron chi connectivity index (χ0n) is 7.33. The number of carbonyl (C=O) groups is 1. The average Bonchev–Trinajstić information content (AvgIpc) is 2.06. The van der Waals surface area contributed by atoms with E-state index >= 15 is 0 Å². The van der Waals surface area contributed by atoms with E-state index in [0.717, 1.165) is 11.1 Å². The molecule has 0 unspecified atom stereocenters. The third-order valence-corrected chi connectivity index (χ3v) is 1.67. The molecule has 1 rings (SSSR count). The summed E-state index contributed by atoms with van der Waals surface area (Å²) in [5, 5.41) is 0. The van der Waals surface area contributed by atoms with Crippen molar-refractivity contribution in [3.05, 3.63) is 35.4 Å². The van der Waals surface area contributed by atoms with Gasteiger partial charge in [0.05, 0.1) is 6.61 Å². The van der Waals surface area contributed by atoms with E-state index in [1.54, 1.807) is 15.0 Å². The van der Waals surface area contributed by atoms with Crippen molar-refractivity contribution in [3.8, 4) is 0 Å². The lowest BCUT2D eigenvalue weighted by molar-refractivity contribution is 0.108. The molecular formula is C9H11BO2. The number of hydrogen-bond acceptors (Lipinski definition) is 2. The Bertz CT molecular complexity index is 266. The summed E-state index contributed by atoms with van der Waals surface area (Å²) in [6.07, 6.45) is 0. The van der Waals surface area contributed by atoms with Crippen molar-refractivity contribution in [1.29, 1.82) is 0 Å². The van der Waals surface area contributed by atoms with Crippen LogP contribution in [0.3, 0.4) is 0 Å². The first-order chi connectivity index (χ1) is 5.74. The summed E-state index contributed by atoms with van der Waals surface area (Å²) >= 11 is 0. The fourth-order valence-electron chi connectivity index (χ4n) is 1.00. The van der Waals surface area contributed by atoms with Crippen molar-refractivity contribution in [2.75, 3.05) is 7.11 Å². The van der Waals surface area contributed by atoms with Crippen LogP contribution >= 0.6 is 0 Å². The first kappa shape index (κ1) is 9.01. The Morgan fingerprint density at radius 1 is 1.42 bits per heavy atom. The Kier molecular flexibility index (Phi) is 3.05. The maximum atomic E-state index is 10.9. The van der Waals surface area contributed by atoms with Gasteiger partial charge in [0.25, 0.3) is 0 Å². The van der Waals surface area contributed by atoms with Crippen LogP contribution < -0.4 is 0 Å². The maximum Gasteiger partial charge on any atom is 0.193 e. The van der Waals surface area contributed by atoms with Gasteiger partial charge in [0.2, 0.25) is 0 Å². The standard InChI is InChI=1S/C9H11BO2/c1-12-6-7-2-4-8(5-3-7)9(10)11/h2-5H,6,10H2,1H3. The van der Waals surface area contributed by atoms with Crippen molar-refractivity contribution in [1.82, 2.24) is 0 Å². The van der Waals surface area contributed by atoms with Crippen LogP contribution in [0, 0.1) is 0 Å². The van der Waals surface area contributed by atoms with Gasteiger partial charge in [-0.1, -0.05) is 24.3 Å². The van der Waals surface area contributed by atoms with E-state index in [1.165, 1.54) is 0 Å². The fourth-order valence-corrected chi connectivity index (χ4v) is 1.00. The zero-order chi connectivity index (χ0) is 8.97. The van der Waals surface area contributed by atoms with Gasteiger partial charge < -0.3 is 9.53 Å². The Hall–Kier alpha value is -1.09. The van der Waals surface area contributed by atoms with Crippen molar-refractivity contribution < 1.29 is 9.53 Å². The number of rotatable bonds is 3. The molecule has 0 fully saturated rings. The largest absolute Gasteiger partial charge is 0.380 e. The van der Waals surface area contributed by atoms with E-state index in [0.29, 0.717) is 6.61 Å². The quantitative estimate of drug-likeness (QED) is 0.608. The van der Waals surface area contributed by atoms with E-state index < -0.39 is 0 Å². The highest BCUT2D eigenvalue weighted by Crippen LogP contribution is 2.04. The van der Waals surface area contributed by atoms with Gasteiger partial charge in [-0.3, -0.25) is 0 Å². The lowest BCUT2D eigenvalue weighted by Crippen LogP contribution is -1.97. The molecule has 0 heterocycles. The van der Waals surface area contributed by atoms with Crippen molar-refractivity contribution in [2.24, 2.45) is 0 Å². The van der Waals surface area contributed by atoms with Crippen molar-refractivity contribution in [3.63, 3.8) is 0 Å². The summed E-state index contributed by atoms with van der Waals surface area (Å²) in [6.45, 7) is 0.595. The number of benzene rings is 1. The Labute approximate surface area is 73.0 Å². The monoisotopic (exact) mass is 162 g/mol. The fraction of sp³-hybridized carbons (Fsp3) is 0.222. The predicted octanol–water partition coefficient (Wildman–Crippen LogP) is 0.606. The normalized spacial score (nSPS) is 9.75. The van der Waals surface area contributed by atoms with Gasteiger partial charge in [-0.15, -0.1) is 0 Å². The molecule has 0 amide bonds. The second-order valence-electron chi connectivity index (χ2n) is 2.69. The first-order valence-corrected chi connectivity index (χ1v) is 3.83. The van der Waals surface area contributed by atoms with E-state index in [2.05, 4.69) is 0 Å². The molecule has 0 saturated carbocycles. The third kappa shape index (κ3) is 2.20. The number of hydrogen-bond donors (Lipinski definition) is 0. The van der Waals surface area contributed by atoms with Gasteiger partial charge in [0.15, 0.2) is 7.85 Å². The van der Waals surface area contributed by atoms with Crippen LogP contribution in [-0.2, 0) is 11.3 Å². The summed E-state index contributed by atoms with van der Waals surface area (Å²) < 4.78 is 4.94. The van der Waals surface area contributed by atoms with Gasteiger partial charge in [0.1, 0.15) is 5.68 Å². The third-order valence-electron chi connectivity index (χ3n) is 1.67. The molecule has 3 heteroatoms. The second kappa shape index (κ2) is 4.07. The lowest BCUT2D eigenvalue weighted by Gasteiger charge is -1.99. The van der Waals surface area contributed by atoms with Crippen LogP contribution in [0.1, 0.15) is 15.9 Å². The van der Waals surface area contributed by atoms with Gasteiger partial charge in [-0.05, 0) is 5.56 Å². The number of methoxy groups -OCH3 is 1. The first-order valence-electron chi connectivity index (χ1n) is 3.83. The molecule has 1 aromatic carbocycles. The molecule has 0 atom stereocenters. The molecule has 62 valence electrons. The van der Waals surface area contributed by atoms with Crippen molar-refractivity contribution in [2.45, 2.75) is 6.61 Å². The van der Waals surface area contributed by atoms with Crippen molar-refractivity contribution >= 4 is 13.5 Å². The SMILES string of the molecule is BC(=O)c1ccc(COC)cc1. The summed E-state index contributed by atoms with van der Waals surface area (Å²) in [5.41, 5.74) is 1.93. The summed E-state index contributed by atoms with van der Waals surface area (Å²) in [4.78, 5) is 10.9. The van der Waals surface area contributed by atoms with Gasteiger partial charge in [0, 0.05) is 12.7 Å². The molecule has 0 bridgehead atoms. The molecule has 1 aromatic rings. The molecule has 0 radical (unpaired) electrons. The Morgan fingerprint density at radius 2 is 2.00 bits per heavy atom. The molecule has 0 aliphatic heterocycles. The number of carbonyl (C=O) groups excluding carboxylic acids is 1. The molecule has 2 nitrogen and oxygen atoms in total. The summed E-state index contributed by atoms with van der Waals surface area (Å²) in [7, 11) is 3.21. The maximum absolute atomic E-state index is 10.9. The van der Waals surface area contributed by atoms with E-state index in [9.17, 15) is 4.79 Å². The molecule has 0 saturated heterocycles. The molecule has 0 N–H and O–H groups in total. The second-order valence-corrected chi connectivity index (χ2v) is 2.69. The molecule has 0 spiro atoms. The molecule has 0 aromatic heterocycles. The lowest BCUT2D eigenvalue weighted by atomic mass is 9.94. The minimum atomic E-state index is 0.0963. The summed E-state index contributed by atoms with van der Waals surface area (Å²) in [6, 6.07) is 7.44. The predicted molar refractivity (Wildman–Crippen MR) is 50.0 cm³/mol. The summed E-state index contributed by atoms with van der Waals surface area (Å²) in [5.74, 6) is 0. The van der Waals surface area contributed by atoms with Crippen LogP contribution in [-0.4, -0.2) is 20.6 Å². The highest BCUT2D eigenvalue weighted by Gasteiger charge is 1.97. The minimum absolute atomic E-state index is 0.0963. The molecule has 0 aliphatic rings. The zero-order valence-corrected chi connectivity index (χ0v) is 7.33. The minimum Gasteiger partial charge on any atom is -0.380 e. The topological polar surface area (TPSA) is 26.3 Å². The van der Waals surface area contributed by atoms with Crippen LogP contribution in [0.25, 0.3) is 0 Å². The van der Waals surface area contributed by atoms with Crippen LogP contribution in [0.15, 0.2) is 24.3 Å². The Balaban J connectivity index is 2.78. The molecule has 12 heavy (non-hydrogen) atoms. The van der Waals surface area contributed by atoms with Gasteiger partial charge >= 0.3 is 0 Å². The van der Waals surface area contributed by atoms with Crippen LogP contribution in [0.4, 0.5) is 0 Å². The van der Waals surface area contributed by atoms with Crippen LogP contribution in [0.2, 0.25) is 0 Å². The number of ether oxygens (including phenoxy) is 1. The average molecular weight is 162 g/mol. The van der Waals surface area contributed by atoms with Crippen LogP contribution in [0.5, 0.6) is 0 Å². The molecular weight excluding hydrogens is 151 g/mol. The van der Waals surface area contributed by atoms with E-state index in [4.69, 9.17) is 4.74 Å². The van der Waals surface area contributed by atoms with Gasteiger partial charge in [-0.2, -0.15) is 0 Å². The van der Waals surface area contributed by atoms with E-state index in [-0.39, 0.29) is 5.68 Å².